The van der Waals surface area contributed by atoms with E-state index in [1.165, 1.54) is 82.4 Å². The Labute approximate surface area is 229 Å². The highest BCUT2D eigenvalue weighted by Gasteiger charge is 2.43. The second kappa shape index (κ2) is 14.6. The molecule has 4 heteroatoms. The van der Waals surface area contributed by atoms with Gasteiger partial charge in [-0.05, 0) is 132 Å². The van der Waals surface area contributed by atoms with Crippen molar-refractivity contribution in [2.24, 2.45) is 35.5 Å². The number of ether oxygens (including phenoxy) is 1. The first kappa shape index (κ1) is 29.3. The third-order valence-corrected chi connectivity index (χ3v) is 9.61. The maximum atomic E-state index is 14.6. The SMILES string of the molecule is CCCC1CCC(/C=C/C2CCC(C/C=C\CC3CCC(C(F)(F)Oc4cccc(F)c4)CC3)CC2)CC1. The normalized spacial score (nSPS) is 31.2. The molecule has 0 atom stereocenters. The second-order valence-electron chi connectivity index (χ2n) is 12.5. The lowest BCUT2D eigenvalue weighted by Crippen LogP contribution is -2.37. The number of allylic oxidation sites excluding steroid dienone is 4. The highest BCUT2D eigenvalue weighted by Crippen LogP contribution is 2.41. The second-order valence-corrected chi connectivity index (χ2v) is 12.5. The Hall–Kier alpha value is -1.71. The molecule has 0 saturated heterocycles. The molecular formula is C34H49F3O. The average molecular weight is 531 g/mol. The van der Waals surface area contributed by atoms with E-state index in [9.17, 15) is 13.2 Å². The van der Waals surface area contributed by atoms with Gasteiger partial charge in [-0.2, -0.15) is 8.78 Å². The summed E-state index contributed by atoms with van der Waals surface area (Å²) in [6, 6.07) is 5.03. The Bertz CT molecular complexity index is 869. The minimum absolute atomic E-state index is 0.102. The van der Waals surface area contributed by atoms with E-state index in [2.05, 4.69) is 31.2 Å². The van der Waals surface area contributed by atoms with Gasteiger partial charge in [0.1, 0.15) is 11.6 Å². The van der Waals surface area contributed by atoms with Crippen molar-refractivity contribution < 1.29 is 17.9 Å². The van der Waals surface area contributed by atoms with E-state index in [0.717, 1.165) is 55.4 Å². The van der Waals surface area contributed by atoms with Crippen LogP contribution in [0.4, 0.5) is 13.2 Å². The van der Waals surface area contributed by atoms with Gasteiger partial charge >= 0.3 is 6.11 Å². The van der Waals surface area contributed by atoms with Gasteiger partial charge in [-0.25, -0.2) is 4.39 Å². The third-order valence-electron chi connectivity index (χ3n) is 9.61. The third kappa shape index (κ3) is 9.19. The van der Waals surface area contributed by atoms with E-state index in [0.29, 0.717) is 18.8 Å². The van der Waals surface area contributed by atoms with Crippen molar-refractivity contribution in [3.05, 3.63) is 54.4 Å². The molecule has 0 amide bonds. The summed E-state index contributed by atoms with van der Waals surface area (Å²) in [5, 5.41) is 0. The first-order valence-corrected chi connectivity index (χ1v) is 15.6. The molecule has 0 unspecified atom stereocenters. The van der Waals surface area contributed by atoms with Gasteiger partial charge in [0.15, 0.2) is 0 Å². The van der Waals surface area contributed by atoms with E-state index in [-0.39, 0.29) is 5.75 Å². The maximum Gasteiger partial charge on any atom is 0.400 e. The number of benzene rings is 1. The summed E-state index contributed by atoms with van der Waals surface area (Å²) in [5.74, 6) is 2.41. The van der Waals surface area contributed by atoms with Crippen molar-refractivity contribution in [2.75, 3.05) is 0 Å². The zero-order valence-electron chi connectivity index (χ0n) is 23.4. The first-order chi connectivity index (χ1) is 18.4. The lowest BCUT2D eigenvalue weighted by molar-refractivity contribution is -0.223. The fraction of sp³-hybridized carbons (Fsp3) is 0.706. The first-order valence-electron chi connectivity index (χ1n) is 15.6. The standard InChI is InChI=1S/C34H49F3O/c1-2-6-26-11-15-29(16-12-26)19-20-30-17-13-27(14-18-30)7-3-4-8-28-21-23-31(24-22-28)34(36,37)38-33-10-5-9-32(35)25-33/h3-5,9-10,19-20,25-31H,2,6-8,11-18,21-24H2,1H3/b4-3-,20-19+. The van der Waals surface area contributed by atoms with Gasteiger partial charge in [-0.15, -0.1) is 0 Å². The predicted molar refractivity (Wildman–Crippen MR) is 151 cm³/mol. The highest BCUT2D eigenvalue weighted by atomic mass is 19.3. The van der Waals surface area contributed by atoms with Crippen LogP contribution in [0.1, 0.15) is 110 Å². The van der Waals surface area contributed by atoms with Crippen LogP contribution in [0.15, 0.2) is 48.6 Å². The van der Waals surface area contributed by atoms with Crippen molar-refractivity contribution in [1.82, 2.24) is 0 Å². The molecular weight excluding hydrogens is 481 g/mol. The van der Waals surface area contributed by atoms with Gasteiger partial charge in [-0.1, -0.05) is 50.1 Å². The maximum absolute atomic E-state index is 14.6. The summed E-state index contributed by atoms with van der Waals surface area (Å²) in [5.41, 5.74) is 0. The van der Waals surface area contributed by atoms with Gasteiger partial charge in [0, 0.05) is 6.07 Å². The van der Waals surface area contributed by atoms with Gasteiger partial charge in [0.2, 0.25) is 0 Å². The Balaban J connectivity index is 1.08. The lowest BCUT2D eigenvalue weighted by Gasteiger charge is -2.33. The number of halogens is 3. The molecule has 1 aromatic rings. The molecule has 4 rings (SSSR count). The van der Waals surface area contributed by atoms with Crippen LogP contribution < -0.4 is 4.74 Å². The van der Waals surface area contributed by atoms with Gasteiger partial charge in [0.05, 0.1) is 5.92 Å². The zero-order valence-corrected chi connectivity index (χ0v) is 23.4. The van der Waals surface area contributed by atoms with Crippen molar-refractivity contribution in [3.63, 3.8) is 0 Å². The summed E-state index contributed by atoms with van der Waals surface area (Å²) < 4.78 is 47.4. The lowest BCUT2D eigenvalue weighted by atomic mass is 9.77. The highest BCUT2D eigenvalue weighted by molar-refractivity contribution is 5.22. The van der Waals surface area contributed by atoms with Crippen LogP contribution in [0.3, 0.4) is 0 Å². The summed E-state index contributed by atoms with van der Waals surface area (Å²) >= 11 is 0. The summed E-state index contributed by atoms with van der Waals surface area (Å²) in [6.07, 6.45) is 24.9. The molecule has 0 N–H and O–H groups in total. The summed E-state index contributed by atoms with van der Waals surface area (Å²) in [7, 11) is 0. The van der Waals surface area contributed by atoms with Crippen LogP contribution in [0.25, 0.3) is 0 Å². The molecule has 38 heavy (non-hydrogen) atoms. The van der Waals surface area contributed by atoms with Gasteiger partial charge in [0.25, 0.3) is 0 Å². The minimum atomic E-state index is -3.25. The molecule has 1 nitrogen and oxygen atoms in total. The average Bonchev–Trinajstić information content (AvgIpc) is 2.92. The van der Waals surface area contributed by atoms with Crippen LogP contribution in [-0.4, -0.2) is 6.11 Å². The molecule has 0 radical (unpaired) electrons. The summed E-state index contributed by atoms with van der Waals surface area (Å²) in [4.78, 5) is 0. The molecule has 0 aliphatic heterocycles. The molecule has 3 aliphatic rings. The Morgan fingerprint density at radius 1 is 0.763 bits per heavy atom. The van der Waals surface area contributed by atoms with Crippen molar-refractivity contribution in [1.29, 1.82) is 0 Å². The Kier molecular flexibility index (Phi) is 11.3. The monoisotopic (exact) mass is 530 g/mol. The van der Waals surface area contributed by atoms with E-state index in [4.69, 9.17) is 4.74 Å². The number of hydrogen-bond acceptors (Lipinski definition) is 1. The molecule has 3 saturated carbocycles. The minimum Gasteiger partial charge on any atom is -0.432 e. The number of hydrogen-bond donors (Lipinski definition) is 0. The van der Waals surface area contributed by atoms with Crippen molar-refractivity contribution in [3.8, 4) is 5.75 Å². The molecule has 0 spiro atoms. The van der Waals surface area contributed by atoms with Crippen LogP contribution >= 0.6 is 0 Å². The molecule has 212 valence electrons. The summed E-state index contributed by atoms with van der Waals surface area (Å²) in [6.45, 7) is 2.31. The molecule has 0 bridgehead atoms. The molecule has 1 aromatic carbocycles. The van der Waals surface area contributed by atoms with E-state index in [1.54, 1.807) is 0 Å². The fourth-order valence-corrected chi connectivity index (χ4v) is 7.09. The largest absolute Gasteiger partial charge is 0.432 e. The smallest absolute Gasteiger partial charge is 0.400 e. The topological polar surface area (TPSA) is 9.23 Å². The van der Waals surface area contributed by atoms with Crippen molar-refractivity contribution >= 4 is 0 Å². The predicted octanol–water partition coefficient (Wildman–Crippen LogP) is 10.9. The Morgan fingerprint density at radius 2 is 1.29 bits per heavy atom. The molecule has 3 aliphatic carbocycles. The van der Waals surface area contributed by atoms with E-state index in [1.807, 2.05) is 0 Å². The quantitative estimate of drug-likeness (QED) is 0.259. The molecule has 0 aromatic heterocycles. The number of alkyl halides is 2. The van der Waals surface area contributed by atoms with Gasteiger partial charge < -0.3 is 4.74 Å². The van der Waals surface area contributed by atoms with E-state index < -0.39 is 17.8 Å². The van der Waals surface area contributed by atoms with Gasteiger partial charge in [-0.3, -0.25) is 0 Å². The fourth-order valence-electron chi connectivity index (χ4n) is 7.09. The van der Waals surface area contributed by atoms with Crippen LogP contribution in [0.5, 0.6) is 5.75 Å². The Morgan fingerprint density at radius 3 is 1.82 bits per heavy atom. The zero-order chi connectivity index (χ0) is 26.8. The number of rotatable bonds is 11. The van der Waals surface area contributed by atoms with Crippen LogP contribution in [0.2, 0.25) is 0 Å². The van der Waals surface area contributed by atoms with E-state index >= 15 is 0 Å². The van der Waals surface area contributed by atoms with Crippen LogP contribution in [0, 0.1) is 41.3 Å². The molecule has 0 heterocycles. The molecule has 3 fully saturated rings. The van der Waals surface area contributed by atoms with Crippen LogP contribution in [-0.2, 0) is 0 Å². The van der Waals surface area contributed by atoms with Crippen molar-refractivity contribution in [2.45, 2.75) is 116 Å².